The van der Waals surface area contributed by atoms with Crippen LogP contribution in [0.15, 0.2) is 35.1 Å². The topological polar surface area (TPSA) is 22.0 Å². The first kappa shape index (κ1) is 8.74. The Bertz CT molecular complexity index is 516. The number of pyridine rings is 1. The minimum absolute atomic E-state index is 0.0250. The first-order chi connectivity index (χ1) is 6.18. The highest BCUT2D eigenvalue weighted by Crippen LogP contribution is 2.14. The third-order valence-corrected chi connectivity index (χ3v) is 2.99. The SMILES string of the molecule is Cc1ccc2c(ccc(=O)n2I)c1. The summed E-state index contributed by atoms with van der Waals surface area (Å²) in [6.45, 7) is 2.04. The number of aryl methyl sites for hydroxylation is 1. The van der Waals surface area contributed by atoms with Crippen molar-refractivity contribution in [3.05, 3.63) is 46.2 Å². The molecule has 66 valence electrons. The van der Waals surface area contributed by atoms with Gasteiger partial charge in [-0.3, -0.25) is 4.79 Å². The quantitative estimate of drug-likeness (QED) is 0.682. The van der Waals surface area contributed by atoms with Gasteiger partial charge in [0.15, 0.2) is 0 Å². The van der Waals surface area contributed by atoms with Crippen molar-refractivity contribution < 1.29 is 0 Å². The van der Waals surface area contributed by atoms with Crippen LogP contribution in [-0.4, -0.2) is 2.78 Å². The molecule has 1 aromatic heterocycles. The summed E-state index contributed by atoms with van der Waals surface area (Å²) in [6, 6.07) is 9.51. The molecule has 0 spiro atoms. The second-order valence-corrected chi connectivity index (χ2v) is 3.98. The van der Waals surface area contributed by atoms with Crippen LogP contribution in [-0.2, 0) is 0 Å². The lowest BCUT2D eigenvalue weighted by Gasteiger charge is -2.02. The molecule has 0 saturated heterocycles. The predicted octanol–water partition coefficient (Wildman–Crippen LogP) is 2.51. The van der Waals surface area contributed by atoms with E-state index in [1.165, 1.54) is 5.56 Å². The van der Waals surface area contributed by atoms with Crippen LogP contribution in [0, 0.1) is 6.92 Å². The maximum absolute atomic E-state index is 11.3. The molecule has 2 rings (SSSR count). The van der Waals surface area contributed by atoms with Crippen molar-refractivity contribution in [1.82, 2.24) is 2.78 Å². The lowest BCUT2D eigenvalue weighted by atomic mass is 10.1. The third kappa shape index (κ3) is 1.48. The summed E-state index contributed by atoms with van der Waals surface area (Å²) < 4.78 is 1.63. The fourth-order valence-corrected chi connectivity index (χ4v) is 1.93. The zero-order valence-corrected chi connectivity index (χ0v) is 9.28. The van der Waals surface area contributed by atoms with Crippen molar-refractivity contribution >= 4 is 33.8 Å². The van der Waals surface area contributed by atoms with Crippen molar-refractivity contribution in [2.75, 3.05) is 0 Å². The Morgan fingerprint density at radius 1 is 1.23 bits per heavy atom. The molecule has 1 aromatic carbocycles. The third-order valence-electron chi connectivity index (χ3n) is 1.99. The van der Waals surface area contributed by atoms with E-state index in [1.54, 1.807) is 8.85 Å². The Kier molecular flexibility index (Phi) is 2.11. The lowest BCUT2D eigenvalue weighted by molar-refractivity contribution is 1.26. The van der Waals surface area contributed by atoms with Gasteiger partial charge in [0.05, 0.1) is 28.4 Å². The van der Waals surface area contributed by atoms with Crippen LogP contribution in [0.1, 0.15) is 5.56 Å². The number of hydrogen-bond donors (Lipinski definition) is 0. The van der Waals surface area contributed by atoms with E-state index >= 15 is 0 Å². The molecule has 2 aromatic rings. The maximum atomic E-state index is 11.3. The summed E-state index contributed by atoms with van der Waals surface area (Å²) in [6.07, 6.45) is 0. The van der Waals surface area contributed by atoms with Crippen molar-refractivity contribution in [1.29, 1.82) is 0 Å². The summed E-state index contributed by atoms with van der Waals surface area (Å²) in [5.74, 6) is 0. The molecule has 0 radical (unpaired) electrons. The summed E-state index contributed by atoms with van der Waals surface area (Å²) >= 11 is 2.02. The number of nitrogens with zero attached hydrogens (tertiary/aromatic N) is 1. The fraction of sp³-hybridized carbons (Fsp3) is 0.100. The Balaban J connectivity index is 2.95. The highest BCUT2D eigenvalue weighted by atomic mass is 127. The highest BCUT2D eigenvalue weighted by Gasteiger charge is 1.98. The molecule has 0 saturated carbocycles. The van der Waals surface area contributed by atoms with Gasteiger partial charge in [0, 0.05) is 6.07 Å². The highest BCUT2D eigenvalue weighted by molar-refractivity contribution is 14.1. The van der Waals surface area contributed by atoms with E-state index in [-0.39, 0.29) is 5.56 Å². The number of rotatable bonds is 0. The first-order valence-corrected chi connectivity index (χ1v) is 4.93. The summed E-state index contributed by atoms with van der Waals surface area (Å²) in [4.78, 5) is 11.3. The summed E-state index contributed by atoms with van der Waals surface area (Å²) in [7, 11) is 0. The van der Waals surface area contributed by atoms with Crippen molar-refractivity contribution in [3.63, 3.8) is 0 Å². The number of aromatic nitrogens is 1. The lowest BCUT2D eigenvalue weighted by Crippen LogP contribution is -2.09. The number of fused-ring (bicyclic) bond motifs is 1. The van der Waals surface area contributed by atoms with E-state index in [9.17, 15) is 4.79 Å². The van der Waals surface area contributed by atoms with Gasteiger partial charge in [-0.25, -0.2) is 2.78 Å². The molecule has 0 aliphatic carbocycles. The second-order valence-electron chi connectivity index (χ2n) is 3.01. The maximum Gasteiger partial charge on any atom is 0.259 e. The minimum Gasteiger partial charge on any atom is -0.269 e. The van der Waals surface area contributed by atoms with Crippen LogP contribution in [0.25, 0.3) is 10.9 Å². The Hall–Kier alpha value is -0.840. The van der Waals surface area contributed by atoms with Crippen molar-refractivity contribution in [2.24, 2.45) is 0 Å². The van der Waals surface area contributed by atoms with E-state index in [0.717, 1.165) is 10.9 Å². The first-order valence-electron chi connectivity index (χ1n) is 3.97. The zero-order chi connectivity index (χ0) is 9.42. The van der Waals surface area contributed by atoms with Crippen LogP contribution in [0.2, 0.25) is 0 Å². The number of halogens is 1. The Labute approximate surface area is 89.7 Å². The van der Waals surface area contributed by atoms with E-state index < -0.39 is 0 Å². The molecule has 0 unspecified atom stereocenters. The average molecular weight is 285 g/mol. The van der Waals surface area contributed by atoms with Crippen LogP contribution in [0.3, 0.4) is 0 Å². The predicted molar refractivity (Wildman–Crippen MR) is 62.4 cm³/mol. The molecular formula is C10H8INO. The van der Waals surface area contributed by atoms with Crippen LogP contribution >= 0.6 is 22.9 Å². The standard InChI is InChI=1S/C10H8INO/c1-7-2-4-9-8(6-7)3-5-10(13)12(9)11/h2-6H,1H3. The van der Waals surface area contributed by atoms with E-state index in [2.05, 4.69) is 6.07 Å². The van der Waals surface area contributed by atoms with Gasteiger partial charge in [-0.1, -0.05) is 11.6 Å². The van der Waals surface area contributed by atoms with E-state index in [1.807, 2.05) is 48.0 Å². The van der Waals surface area contributed by atoms with Gasteiger partial charge in [-0.05, 0) is 30.5 Å². The van der Waals surface area contributed by atoms with Crippen molar-refractivity contribution in [3.8, 4) is 0 Å². The van der Waals surface area contributed by atoms with Crippen LogP contribution in [0.5, 0.6) is 0 Å². The molecule has 0 aliphatic heterocycles. The molecular weight excluding hydrogens is 277 g/mol. The Morgan fingerprint density at radius 3 is 2.77 bits per heavy atom. The molecule has 0 N–H and O–H groups in total. The minimum atomic E-state index is 0.0250. The van der Waals surface area contributed by atoms with E-state index in [0.29, 0.717) is 0 Å². The molecule has 0 fully saturated rings. The normalized spacial score (nSPS) is 10.6. The largest absolute Gasteiger partial charge is 0.269 e. The zero-order valence-electron chi connectivity index (χ0n) is 7.12. The summed E-state index contributed by atoms with van der Waals surface area (Å²) in [5, 5.41) is 1.11. The van der Waals surface area contributed by atoms with Gasteiger partial charge < -0.3 is 0 Å². The number of hydrogen-bond acceptors (Lipinski definition) is 1. The van der Waals surface area contributed by atoms with Crippen LogP contribution < -0.4 is 5.56 Å². The molecule has 2 nitrogen and oxygen atoms in total. The molecule has 0 bridgehead atoms. The monoisotopic (exact) mass is 285 g/mol. The number of benzene rings is 1. The van der Waals surface area contributed by atoms with Gasteiger partial charge in [-0.15, -0.1) is 0 Å². The molecule has 0 atom stereocenters. The van der Waals surface area contributed by atoms with Gasteiger partial charge in [0.1, 0.15) is 0 Å². The van der Waals surface area contributed by atoms with E-state index in [4.69, 9.17) is 0 Å². The molecule has 3 heteroatoms. The van der Waals surface area contributed by atoms with Crippen LogP contribution in [0.4, 0.5) is 0 Å². The van der Waals surface area contributed by atoms with Crippen molar-refractivity contribution in [2.45, 2.75) is 6.92 Å². The van der Waals surface area contributed by atoms with Gasteiger partial charge in [0.25, 0.3) is 5.56 Å². The van der Waals surface area contributed by atoms with Gasteiger partial charge in [0.2, 0.25) is 0 Å². The molecule has 0 amide bonds. The van der Waals surface area contributed by atoms with Gasteiger partial charge in [-0.2, -0.15) is 0 Å². The Morgan fingerprint density at radius 2 is 2.00 bits per heavy atom. The second kappa shape index (κ2) is 3.14. The van der Waals surface area contributed by atoms with Gasteiger partial charge >= 0.3 is 0 Å². The fourth-order valence-electron chi connectivity index (χ4n) is 1.33. The average Bonchev–Trinajstić information content (AvgIpc) is 2.12. The summed E-state index contributed by atoms with van der Waals surface area (Å²) in [5.41, 5.74) is 2.21. The smallest absolute Gasteiger partial charge is 0.259 e. The molecule has 1 heterocycles. The molecule has 13 heavy (non-hydrogen) atoms. The molecule has 0 aliphatic rings.